The predicted molar refractivity (Wildman–Crippen MR) is 192 cm³/mol. The lowest BCUT2D eigenvalue weighted by Crippen LogP contribution is -2.58. The fourth-order valence-corrected chi connectivity index (χ4v) is 10.3. The Kier molecular flexibility index (Phi) is 8.11. The molecule has 9 rings (SSSR count). The van der Waals surface area contributed by atoms with Crippen LogP contribution in [-0.2, 0) is 9.59 Å². The Hall–Kier alpha value is -4.07. The molecule has 49 heavy (non-hydrogen) atoms. The van der Waals surface area contributed by atoms with Crippen molar-refractivity contribution >= 4 is 34.2 Å². The Bertz CT molecular complexity index is 1850. The number of carbonyl (C=O) groups is 3. The molecule has 3 heterocycles. The highest BCUT2D eigenvalue weighted by molar-refractivity contribution is 6.09. The number of carbonyl (C=O) groups excluding carboxylic acids is 3. The number of piperazine rings is 1. The van der Waals surface area contributed by atoms with Crippen LogP contribution in [-0.4, -0.2) is 63.3 Å². The van der Waals surface area contributed by atoms with E-state index in [9.17, 15) is 14.4 Å². The van der Waals surface area contributed by atoms with Gasteiger partial charge in [-0.05, 0) is 131 Å². The number of benzene rings is 1. The van der Waals surface area contributed by atoms with E-state index in [1.54, 1.807) is 6.20 Å². The second-order valence-electron chi connectivity index (χ2n) is 16.2. The number of amides is 1. The van der Waals surface area contributed by atoms with Crippen LogP contribution in [0, 0.1) is 23.2 Å². The Balaban J connectivity index is 0.985. The summed E-state index contributed by atoms with van der Waals surface area (Å²) in [5, 5.41) is 5.48. The lowest BCUT2D eigenvalue weighted by Gasteiger charge is -2.57. The minimum atomic E-state index is -0.0803. The number of rotatable bonds is 8. The number of allylic oxidation sites excluding steroid dienone is 4. The van der Waals surface area contributed by atoms with E-state index in [1.165, 1.54) is 19.3 Å². The Labute approximate surface area is 289 Å². The van der Waals surface area contributed by atoms with Gasteiger partial charge in [-0.3, -0.25) is 19.1 Å². The molecule has 1 amide bonds. The minimum absolute atomic E-state index is 0.0140. The van der Waals surface area contributed by atoms with Gasteiger partial charge < -0.3 is 9.80 Å². The van der Waals surface area contributed by atoms with Gasteiger partial charge in [0.05, 0.1) is 17.1 Å². The number of pyridine rings is 1. The smallest absolute Gasteiger partial charge is 0.228 e. The third-order valence-electron chi connectivity index (χ3n) is 12.3. The molecule has 1 aliphatic heterocycles. The van der Waals surface area contributed by atoms with Crippen LogP contribution in [0.1, 0.15) is 102 Å². The van der Waals surface area contributed by atoms with E-state index in [2.05, 4.69) is 53.0 Å². The fourth-order valence-electron chi connectivity index (χ4n) is 10.3. The quantitative estimate of drug-likeness (QED) is 0.230. The van der Waals surface area contributed by atoms with Crippen LogP contribution >= 0.6 is 0 Å². The Morgan fingerprint density at radius 2 is 1.61 bits per heavy atom. The number of fused-ring (bicyclic) bond motifs is 1. The number of anilines is 1. The highest BCUT2D eigenvalue weighted by atomic mass is 16.2. The molecule has 8 heteroatoms. The van der Waals surface area contributed by atoms with Crippen molar-refractivity contribution in [1.29, 1.82) is 0 Å². The van der Waals surface area contributed by atoms with Crippen molar-refractivity contribution in [2.45, 2.75) is 91.5 Å². The summed E-state index contributed by atoms with van der Waals surface area (Å²) in [6.45, 7) is 11.2. The van der Waals surface area contributed by atoms with Crippen molar-refractivity contribution in [2.24, 2.45) is 23.2 Å². The molecule has 1 aromatic carbocycles. The second kappa shape index (κ2) is 12.4. The summed E-state index contributed by atoms with van der Waals surface area (Å²) in [5.41, 5.74) is 6.14. The first kappa shape index (κ1) is 32.2. The average Bonchev–Trinajstić information content (AvgIpc) is 3.51. The van der Waals surface area contributed by atoms with Crippen molar-refractivity contribution in [3.05, 3.63) is 65.0 Å². The van der Waals surface area contributed by atoms with Gasteiger partial charge in [-0.25, -0.2) is 4.98 Å². The van der Waals surface area contributed by atoms with Crippen molar-refractivity contribution in [3.63, 3.8) is 0 Å². The first-order chi connectivity index (χ1) is 23.6. The molecule has 0 unspecified atom stereocenters. The molecule has 8 nitrogen and oxygen atoms in total. The number of ketones is 2. The predicted octanol–water partition coefficient (Wildman–Crippen LogP) is 7.74. The number of aromatic nitrogens is 3. The highest BCUT2D eigenvalue weighted by Gasteiger charge is 2.55. The molecule has 0 atom stereocenters. The molecule has 5 fully saturated rings. The molecule has 1 saturated heterocycles. The second-order valence-corrected chi connectivity index (χ2v) is 16.2. The van der Waals surface area contributed by atoms with Crippen molar-refractivity contribution < 1.29 is 14.4 Å². The van der Waals surface area contributed by atoms with Gasteiger partial charge in [0.15, 0.2) is 11.6 Å². The molecule has 0 spiro atoms. The van der Waals surface area contributed by atoms with Crippen molar-refractivity contribution in [1.82, 2.24) is 19.7 Å². The summed E-state index contributed by atoms with van der Waals surface area (Å²) in [7, 11) is 0. The molecule has 3 aromatic rings. The maximum atomic E-state index is 13.9. The molecular formula is C41H49N5O3. The number of hydrogen-bond acceptors (Lipinski definition) is 6. The highest BCUT2D eigenvalue weighted by Crippen LogP contribution is 2.60. The lowest BCUT2D eigenvalue weighted by molar-refractivity contribution is -0.158. The van der Waals surface area contributed by atoms with Crippen molar-refractivity contribution in [2.75, 3.05) is 31.1 Å². The van der Waals surface area contributed by atoms with Gasteiger partial charge >= 0.3 is 0 Å². The molecule has 0 N–H and O–H groups in total. The molecule has 4 bridgehead atoms. The molecule has 0 radical (unpaired) electrons. The van der Waals surface area contributed by atoms with E-state index >= 15 is 0 Å². The molecule has 256 valence electrons. The summed E-state index contributed by atoms with van der Waals surface area (Å²) in [4.78, 5) is 49.8. The number of hydrogen-bond donors (Lipinski definition) is 0. The van der Waals surface area contributed by atoms with Crippen LogP contribution in [0.3, 0.4) is 0 Å². The van der Waals surface area contributed by atoms with Crippen LogP contribution in [0.5, 0.6) is 0 Å². The van der Waals surface area contributed by atoms with Crippen LogP contribution in [0.25, 0.3) is 22.0 Å². The zero-order valence-electron chi connectivity index (χ0n) is 29.5. The van der Waals surface area contributed by atoms with E-state index in [-0.39, 0.29) is 29.4 Å². The molecule has 6 aliphatic rings. The van der Waals surface area contributed by atoms with Gasteiger partial charge in [0, 0.05) is 67.8 Å². The lowest BCUT2D eigenvalue weighted by atomic mass is 9.49. The first-order valence-corrected chi connectivity index (χ1v) is 18.5. The van der Waals surface area contributed by atoms with Crippen LogP contribution in [0.4, 0.5) is 5.82 Å². The third kappa shape index (κ3) is 5.85. The Morgan fingerprint density at radius 3 is 2.22 bits per heavy atom. The molecular weight excluding hydrogens is 610 g/mol. The molecule has 4 saturated carbocycles. The standard InChI is InChI=1S/C41H49N5O3/c1-25(2)46-36-19-32(18-34(35(36)24-43-46)37(47)7-6-33-27(4)13-26(3)14-38(33)48)31-5-8-39(42-23-31)44-9-11-45(12-10-44)40(49)41-20-28-15-29(21-41)17-30(16-28)22-41/h5,8,13,18-19,23-25,28-30H,6-7,9-12,14-17,20-22H2,1-4H3. The van der Waals surface area contributed by atoms with Gasteiger partial charge in [-0.15, -0.1) is 0 Å². The van der Waals surface area contributed by atoms with Gasteiger partial charge in [0.2, 0.25) is 5.91 Å². The largest absolute Gasteiger partial charge is 0.353 e. The summed E-state index contributed by atoms with van der Waals surface area (Å²) in [5.74, 6) is 3.81. The Morgan fingerprint density at radius 1 is 0.918 bits per heavy atom. The van der Waals surface area contributed by atoms with Crippen molar-refractivity contribution in [3.8, 4) is 11.1 Å². The zero-order chi connectivity index (χ0) is 34.0. The maximum Gasteiger partial charge on any atom is 0.228 e. The van der Waals surface area contributed by atoms with Gasteiger partial charge in [-0.1, -0.05) is 11.6 Å². The normalized spacial score (nSPS) is 26.7. The van der Waals surface area contributed by atoms with E-state index < -0.39 is 0 Å². The minimum Gasteiger partial charge on any atom is -0.353 e. The summed E-state index contributed by atoms with van der Waals surface area (Å²) in [6, 6.07) is 8.36. The number of Topliss-reactive ketones (excluding diaryl/α,β-unsaturated/α-hetero) is 2. The van der Waals surface area contributed by atoms with Crippen LogP contribution in [0.15, 0.2) is 59.5 Å². The van der Waals surface area contributed by atoms with Crippen LogP contribution in [0.2, 0.25) is 0 Å². The third-order valence-corrected chi connectivity index (χ3v) is 12.3. The summed E-state index contributed by atoms with van der Waals surface area (Å²) < 4.78 is 1.96. The van der Waals surface area contributed by atoms with Crippen LogP contribution < -0.4 is 4.90 Å². The van der Waals surface area contributed by atoms with E-state index in [0.29, 0.717) is 24.3 Å². The van der Waals surface area contributed by atoms with E-state index in [4.69, 9.17) is 4.98 Å². The molecule has 5 aliphatic carbocycles. The maximum absolute atomic E-state index is 13.9. The van der Waals surface area contributed by atoms with Gasteiger partial charge in [0.25, 0.3) is 0 Å². The van der Waals surface area contributed by atoms with Gasteiger partial charge in [0.1, 0.15) is 5.82 Å². The average molecular weight is 660 g/mol. The summed E-state index contributed by atoms with van der Waals surface area (Å²) in [6.07, 6.45) is 14.3. The summed E-state index contributed by atoms with van der Waals surface area (Å²) >= 11 is 0. The zero-order valence-corrected chi connectivity index (χ0v) is 29.5. The SMILES string of the molecule is CC1=CC(C)=C(CCC(=O)c2cc(-c3ccc(N4CCN(C(=O)C56CC7CC(CC(C7)C5)C6)CC4)nc3)cc3c2cnn3C(C)C)C(=O)C1. The van der Waals surface area contributed by atoms with E-state index in [0.717, 1.165) is 108 Å². The first-order valence-electron chi connectivity index (χ1n) is 18.5. The molecule has 2 aromatic heterocycles. The van der Waals surface area contributed by atoms with Gasteiger partial charge in [-0.2, -0.15) is 5.10 Å². The fraction of sp³-hybridized carbons (Fsp3) is 0.537. The number of nitrogens with zero attached hydrogens (tertiary/aromatic N) is 5. The topological polar surface area (TPSA) is 88.4 Å². The monoisotopic (exact) mass is 659 g/mol. The van der Waals surface area contributed by atoms with E-state index in [1.807, 2.05) is 30.8 Å².